The second-order valence-corrected chi connectivity index (χ2v) is 6.10. The van der Waals surface area contributed by atoms with Crippen molar-refractivity contribution in [1.82, 2.24) is 14.5 Å². The second-order valence-electron chi connectivity index (χ2n) is 4.59. The van der Waals surface area contributed by atoms with Crippen LogP contribution in [0.4, 0.5) is 0 Å². The van der Waals surface area contributed by atoms with Gasteiger partial charge in [0.1, 0.15) is 5.82 Å². The molecular formula is C15H13ClIN3O. The summed E-state index contributed by atoms with van der Waals surface area (Å²) >= 11 is 8.32. The molecule has 0 spiro atoms. The van der Waals surface area contributed by atoms with E-state index in [0.717, 1.165) is 26.0 Å². The van der Waals surface area contributed by atoms with Gasteiger partial charge in [0.15, 0.2) is 0 Å². The van der Waals surface area contributed by atoms with Gasteiger partial charge in [0.05, 0.1) is 30.6 Å². The molecule has 0 saturated heterocycles. The number of halogens is 2. The lowest BCUT2D eigenvalue weighted by molar-refractivity contribution is 0.397. The Morgan fingerprint density at radius 3 is 2.81 bits per heavy atom. The van der Waals surface area contributed by atoms with E-state index in [4.69, 9.17) is 16.3 Å². The highest BCUT2D eigenvalue weighted by Crippen LogP contribution is 2.21. The van der Waals surface area contributed by atoms with Crippen molar-refractivity contribution in [2.24, 2.45) is 0 Å². The molecule has 0 N–H and O–H groups in total. The van der Waals surface area contributed by atoms with Crippen LogP contribution in [0.25, 0.3) is 11.0 Å². The van der Waals surface area contributed by atoms with E-state index in [9.17, 15) is 0 Å². The van der Waals surface area contributed by atoms with Crippen LogP contribution >= 0.6 is 34.2 Å². The lowest BCUT2D eigenvalue weighted by Crippen LogP contribution is -2.04. The van der Waals surface area contributed by atoms with Gasteiger partial charge in [-0.15, -0.1) is 11.6 Å². The Labute approximate surface area is 141 Å². The molecule has 108 valence electrons. The summed E-state index contributed by atoms with van der Waals surface area (Å²) in [5, 5.41) is 0. The Kier molecular flexibility index (Phi) is 4.30. The average Bonchev–Trinajstić information content (AvgIpc) is 2.85. The Hall–Kier alpha value is -1.34. The van der Waals surface area contributed by atoms with Gasteiger partial charge in [0.2, 0.25) is 5.88 Å². The topological polar surface area (TPSA) is 39.9 Å². The number of hydrogen-bond acceptors (Lipinski definition) is 3. The molecule has 0 unspecified atom stereocenters. The molecule has 0 bridgehead atoms. The van der Waals surface area contributed by atoms with Gasteiger partial charge in [0.25, 0.3) is 0 Å². The minimum atomic E-state index is 0.384. The van der Waals surface area contributed by atoms with Crippen molar-refractivity contribution in [3.63, 3.8) is 0 Å². The number of nitrogens with zero attached hydrogens (tertiary/aromatic N) is 3. The first-order valence-electron chi connectivity index (χ1n) is 6.41. The van der Waals surface area contributed by atoms with Gasteiger partial charge in [-0.2, -0.15) is 0 Å². The number of hydrogen-bond donors (Lipinski definition) is 0. The van der Waals surface area contributed by atoms with Crippen LogP contribution < -0.4 is 4.74 Å². The van der Waals surface area contributed by atoms with E-state index in [1.165, 1.54) is 0 Å². The van der Waals surface area contributed by atoms with Gasteiger partial charge >= 0.3 is 0 Å². The highest BCUT2D eigenvalue weighted by atomic mass is 127. The molecule has 0 atom stereocenters. The molecule has 0 aliphatic carbocycles. The molecule has 3 aromatic rings. The van der Waals surface area contributed by atoms with E-state index in [0.29, 0.717) is 18.3 Å². The van der Waals surface area contributed by atoms with Crippen molar-refractivity contribution >= 4 is 45.2 Å². The summed E-state index contributed by atoms with van der Waals surface area (Å²) in [5.41, 5.74) is 3.14. The number of rotatable bonds is 4. The fourth-order valence-electron chi connectivity index (χ4n) is 2.24. The number of ether oxygens (including phenoxy) is 1. The van der Waals surface area contributed by atoms with E-state index in [-0.39, 0.29) is 0 Å². The molecular weight excluding hydrogens is 401 g/mol. The molecule has 0 amide bonds. The highest BCUT2D eigenvalue weighted by Gasteiger charge is 2.11. The standard InChI is InChI=1S/C15H13ClIN3O/c1-21-15-5-2-10(8-18-15)9-20-13-4-3-11(17)6-12(13)19-14(20)7-16/h2-6,8H,7,9H2,1H3. The van der Waals surface area contributed by atoms with Crippen molar-refractivity contribution < 1.29 is 4.74 Å². The van der Waals surface area contributed by atoms with Crippen molar-refractivity contribution in [3.8, 4) is 5.88 Å². The summed E-state index contributed by atoms with van der Waals surface area (Å²) in [6.45, 7) is 0.691. The zero-order valence-electron chi connectivity index (χ0n) is 11.4. The average molecular weight is 414 g/mol. The van der Waals surface area contributed by atoms with Crippen LogP contribution in [0.1, 0.15) is 11.4 Å². The summed E-state index contributed by atoms with van der Waals surface area (Å²) in [7, 11) is 1.61. The summed E-state index contributed by atoms with van der Waals surface area (Å²) in [6, 6.07) is 10.1. The molecule has 4 nitrogen and oxygen atoms in total. The predicted octanol–water partition coefficient (Wildman–Crippen LogP) is 3.83. The van der Waals surface area contributed by atoms with E-state index < -0.39 is 0 Å². The zero-order valence-corrected chi connectivity index (χ0v) is 14.3. The zero-order chi connectivity index (χ0) is 14.8. The van der Waals surface area contributed by atoms with Crippen LogP contribution in [0.2, 0.25) is 0 Å². The first-order chi connectivity index (χ1) is 10.2. The smallest absolute Gasteiger partial charge is 0.212 e. The normalized spacial score (nSPS) is 11.0. The van der Waals surface area contributed by atoms with Gasteiger partial charge in [-0.3, -0.25) is 0 Å². The number of benzene rings is 1. The summed E-state index contributed by atoms with van der Waals surface area (Å²) in [5.74, 6) is 1.86. The van der Waals surface area contributed by atoms with Gasteiger partial charge in [-0.25, -0.2) is 9.97 Å². The van der Waals surface area contributed by atoms with Gasteiger partial charge in [-0.05, 0) is 46.4 Å². The first-order valence-corrected chi connectivity index (χ1v) is 8.02. The van der Waals surface area contributed by atoms with E-state index in [1.807, 2.05) is 18.3 Å². The SMILES string of the molecule is COc1ccc(Cn2c(CCl)nc3cc(I)ccc32)cn1. The van der Waals surface area contributed by atoms with Crippen LogP contribution in [0.5, 0.6) is 5.88 Å². The van der Waals surface area contributed by atoms with Gasteiger partial charge in [-0.1, -0.05) is 6.07 Å². The molecule has 1 aromatic carbocycles. The molecule has 6 heteroatoms. The molecule has 3 rings (SSSR count). The molecule has 0 saturated carbocycles. The van der Waals surface area contributed by atoms with E-state index >= 15 is 0 Å². The first kappa shape index (κ1) is 14.6. The van der Waals surface area contributed by atoms with Crippen molar-refractivity contribution in [2.45, 2.75) is 12.4 Å². The number of aromatic nitrogens is 3. The maximum Gasteiger partial charge on any atom is 0.212 e. The van der Waals surface area contributed by atoms with E-state index in [2.05, 4.69) is 55.3 Å². The number of imidazole rings is 1. The third-order valence-electron chi connectivity index (χ3n) is 3.26. The lowest BCUT2D eigenvalue weighted by atomic mass is 10.2. The highest BCUT2D eigenvalue weighted by molar-refractivity contribution is 14.1. The molecule has 2 aromatic heterocycles. The molecule has 2 heterocycles. The monoisotopic (exact) mass is 413 g/mol. The maximum absolute atomic E-state index is 6.04. The molecule has 0 aliphatic heterocycles. The summed E-state index contributed by atoms with van der Waals surface area (Å²) in [6.07, 6.45) is 1.81. The third-order valence-corrected chi connectivity index (χ3v) is 4.17. The number of fused-ring (bicyclic) bond motifs is 1. The van der Waals surface area contributed by atoms with Crippen molar-refractivity contribution in [1.29, 1.82) is 0 Å². The van der Waals surface area contributed by atoms with E-state index in [1.54, 1.807) is 7.11 Å². The predicted molar refractivity (Wildman–Crippen MR) is 91.9 cm³/mol. The van der Waals surface area contributed by atoms with Crippen LogP contribution in [0, 0.1) is 3.57 Å². The van der Waals surface area contributed by atoms with Gasteiger partial charge in [0, 0.05) is 15.8 Å². The molecule has 0 radical (unpaired) electrons. The van der Waals surface area contributed by atoms with Crippen molar-refractivity contribution in [3.05, 3.63) is 51.5 Å². The fraction of sp³-hybridized carbons (Fsp3) is 0.200. The van der Waals surface area contributed by atoms with Crippen LogP contribution in [0.3, 0.4) is 0 Å². The quantitative estimate of drug-likeness (QED) is 0.482. The minimum absolute atomic E-state index is 0.384. The fourth-order valence-corrected chi connectivity index (χ4v) is 2.92. The number of pyridine rings is 1. The maximum atomic E-state index is 6.04. The number of alkyl halides is 1. The number of methoxy groups -OCH3 is 1. The van der Waals surface area contributed by atoms with Crippen LogP contribution in [-0.2, 0) is 12.4 Å². The Bertz CT molecular complexity index is 770. The van der Waals surface area contributed by atoms with Crippen LogP contribution in [-0.4, -0.2) is 21.6 Å². The molecule has 0 fully saturated rings. The van der Waals surface area contributed by atoms with Gasteiger partial charge < -0.3 is 9.30 Å². The third kappa shape index (κ3) is 2.98. The molecule has 21 heavy (non-hydrogen) atoms. The molecule has 0 aliphatic rings. The Balaban J connectivity index is 2.01. The Morgan fingerprint density at radius 2 is 2.14 bits per heavy atom. The largest absolute Gasteiger partial charge is 0.481 e. The van der Waals surface area contributed by atoms with Crippen LogP contribution in [0.15, 0.2) is 36.5 Å². The second kappa shape index (κ2) is 6.19. The van der Waals surface area contributed by atoms with Crippen molar-refractivity contribution in [2.75, 3.05) is 7.11 Å². The lowest BCUT2D eigenvalue weighted by Gasteiger charge is -2.08. The Morgan fingerprint density at radius 1 is 1.29 bits per heavy atom. The summed E-state index contributed by atoms with van der Waals surface area (Å²) in [4.78, 5) is 8.84. The summed E-state index contributed by atoms with van der Waals surface area (Å²) < 4.78 is 8.37. The minimum Gasteiger partial charge on any atom is -0.481 e.